The molecule has 1 rings (SSSR count). The Labute approximate surface area is 88.4 Å². The SMILES string of the molecule is CC(C)(C)OC(=O)c1nnc(Br)s1. The summed E-state index contributed by atoms with van der Waals surface area (Å²) in [5.41, 5.74) is -0.491. The van der Waals surface area contributed by atoms with Crippen LogP contribution < -0.4 is 0 Å². The molecule has 0 spiro atoms. The molecule has 0 aliphatic rings. The number of hydrogen-bond donors (Lipinski definition) is 0. The molecule has 0 radical (unpaired) electrons. The third-order valence-electron chi connectivity index (χ3n) is 0.974. The highest BCUT2D eigenvalue weighted by Gasteiger charge is 2.20. The van der Waals surface area contributed by atoms with Crippen molar-refractivity contribution >= 4 is 33.2 Å². The molecule has 0 N–H and O–H groups in total. The second-order valence-corrected chi connectivity index (χ2v) is 5.62. The van der Waals surface area contributed by atoms with Gasteiger partial charge in [0.15, 0.2) is 3.92 Å². The van der Waals surface area contributed by atoms with Crippen molar-refractivity contribution < 1.29 is 9.53 Å². The minimum Gasteiger partial charge on any atom is -0.455 e. The second-order valence-electron chi connectivity index (χ2n) is 3.36. The van der Waals surface area contributed by atoms with Crippen molar-refractivity contribution in [1.29, 1.82) is 0 Å². The molecule has 1 aromatic rings. The highest BCUT2D eigenvalue weighted by atomic mass is 79.9. The molecule has 0 aromatic carbocycles. The summed E-state index contributed by atoms with van der Waals surface area (Å²) in [4.78, 5) is 11.3. The van der Waals surface area contributed by atoms with Crippen molar-refractivity contribution in [2.75, 3.05) is 0 Å². The Bertz CT molecular complexity index is 319. The van der Waals surface area contributed by atoms with E-state index in [0.717, 1.165) is 11.3 Å². The fourth-order valence-corrected chi connectivity index (χ4v) is 1.60. The number of carbonyl (C=O) groups excluding carboxylic acids is 1. The smallest absolute Gasteiger partial charge is 0.369 e. The Balaban J connectivity index is 2.70. The summed E-state index contributed by atoms with van der Waals surface area (Å²) in [5, 5.41) is 7.56. The predicted octanol–water partition coefficient (Wildman–Crippen LogP) is 2.26. The Morgan fingerprint density at radius 3 is 2.46 bits per heavy atom. The molecule has 0 aliphatic carbocycles. The first-order chi connectivity index (χ1) is 5.88. The van der Waals surface area contributed by atoms with E-state index in [0.29, 0.717) is 3.92 Å². The Hall–Kier alpha value is -0.490. The predicted molar refractivity (Wildman–Crippen MR) is 52.8 cm³/mol. The summed E-state index contributed by atoms with van der Waals surface area (Å²) in [6, 6.07) is 0. The van der Waals surface area contributed by atoms with Crippen molar-refractivity contribution in [3.8, 4) is 0 Å². The highest BCUT2D eigenvalue weighted by molar-refractivity contribution is 9.11. The molecule has 1 aromatic heterocycles. The molecule has 0 atom stereocenters. The van der Waals surface area contributed by atoms with Crippen LogP contribution >= 0.6 is 27.3 Å². The minimum absolute atomic E-state index is 0.266. The van der Waals surface area contributed by atoms with Crippen molar-refractivity contribution in [3.05, 3.63) is 8.92 Å². The number of aromatic nitrogens is 2. The number of rotatable bonds is 1. The Kier molecular flexibility index (Phi) is 3.02. The van der Waals surface area contributed by atoms with E-state index in [4.69, 9.17) is 4.74 Å². The number of halogens is 1. The topological polar surface area (TPSA) is 52.1 Å². The largest absolute Gasteiger partial charge is 0.455 e. The van der Waals surface area contributed by atoms with Crippen LogP contribution in [0.2, 0.25) is 0 Å². The van der Waals surface area contributed by atoms with Gasteiger partial charge in [0.05, 0.1) is 0 Å². The maximum Gasteiger partial charge on any atom is 0.369 e. The van der Waals surface area contributed by atoms with E-state index >= 15 is 0 Å². The second kappa shape index (κ2) is 3.71. The summed E-state index contributed by atoms with van der Waals surface area (Å²) in [6.45, 7) is 5.42. The van der Waals surface area contributed by atoms with Crippen LogP contribution in [0.15, 0.2) is 3.92 Å². The van der Waals surface area contributed by atoms with Crippen LogP contribution in [0.5, 0.6) is 0 Å². The molecule has 1 heterocycles. The van der Waals surface area contributed by atoms with Gasteiger partial charge in [-0.25, -0.2) is 4.79 Å². The van der Waals surface area contributed by atoms with Crippen molar-refractivity contribution in [3.63, 3.8) is 0 Å². The number of carbonyl (C=O) groups is 1. The van der Waals surface area contributed by atoms with E-state index in [2.05, 4.69) is 26.1 Å². The van der Waals surface area contributed by atoms with Gasteiger partial charge in [-0.2, -0.15) is 0 Å². The molecule has 0 amide bonds. The van der Waals surface area contributed by atoms with Crippen molar-refractivity contribution in [1.82, 2.24) is 10.2 Å². The summed E-state index contributed by atoms with van der Waals surface area (Å²) in [6.07, 6.45) is 0. The summed E-state index contributed by atoms with van der Waals surface area (Å²) < 4.78 is 5.66. The van der Waals surface area contributed by atoms with Crippen LogP contribution in [-0.2, 0) is 4.74 Å². The summed E-state index contributed by atoms with van der Waals surface area (Å²) in [7, 11) is 0. The molecule has 0 saturated heterocycles. The molecular formula is C7H9BrN2O2S. The van der Waals surface area contributed by atoms with Crippen LogP contribution in [0, 0.1) is 0 Å². The van der Waals surface area contributed by atoms with Gasteiger partial charge in [-0.15, -0.1) is 10.2 Å². The standard InChI is InChI=1S/C7H9BrN2O2S/c1-7(2,3)12-5(11)4-9-10-6(8)13-4/h1-3H3. The molecule has 6 heteroatoms. The van der Waals surface area contributed by atoms with E-state index in [1.54, 1.807) is 20.8 Å². The Morgan fingerprint density at radius 1 is 1.46 bits per heavy atom. The minimum atomic E-state index is -0.491. The van der Waals surface area contributed by atoms with Gasteiger partial charge in [-0.1, -0.05) is 11.3 Å². The molecule has 0 unspecified atom stereocenters. The number of nitrogens with zero attached hydrogens (tertiary/aromatic N) is 2. The number of ether oxygens (including phenoxy) is 1. The third-order valence-corrected chi connectivity index (χ3v) is 2.31. The molecule has 0 fully saturated rings. The van der Waals surface area contributed by atoms with Gasteiger partial charge in [0.2, 0.25) is 5.01 Å². The first-order valence-corrected chi connectivity index (χ1v) is 5.22. The first-order valence-electron chi connectivity index (χ1n) is 3.61. The van der Waals surface area contributed by atoms with Gasteiger partial charge in [0, 0.05) is 0 Å². The van der Waals surface area contributed by atoms with E-state index < -0.39 is 11.6 Å². The average molecular weight is 265 g/mol. The average Bonchev–Trinajstić information content (AvgIpc) is 2.31. The molecule has 4 nitrogen and oxygen atoms in total. The number of esters is 1. The molecular weight excluding hydrogens is 256 g/mol. The van der Waals surface area contributed by atoms with E-state index in [9.17, 15) is 4.79 Å². The molecule has 13 heavy (non-hydrogen) atoms. The first kappa shape index (κ1) is 10.6. The zero-order valence-electron chi connectivity index (χ0n) is 7.50. The summed E-state index contributed by atoms with van der Waals surface area (Å²) in [5.74, 6) is -0.435. The lowest BCUT2D eigenvalue weighted by Crippen LogP contribution is -2.23. The van der Waals surface area contributed by atoms with Gasteiger partial charge in [0.25, 0.3) is 0 Å². The fraction of sp³-hybridized carbons (Fsp3) is 0.571. The van der Waals surface area contributed by atoms with Gasteiger partial charge in [0.1, 0.15) is 5.60 Å². The van der Waals surface area contributed by atoms with Crippen LogP contribution in [0.4, 0.5) is 0 Å². The van der Waals surface area contributed by atoms with Gasteiger partial charge >= 0.3 is 5.97 Å². The van der Waals surface area contributed by atoms with Crippen molar-refractivity contribution in [2.45, 2.75) is 26.4 Å². The highest BCUT2D eigenvalue weighted by Crippen LogP contribution is 2.18. The lowest BCUT2D eigenvalue weighted by molar-refractivity contribution is 0.00683. The lowest BCUT2D eigenvalue weighted by Gasteiger charge is -2.17. The van der Waals surface area contributed by atoms with Crippen LogP contribution in [0.3, 0.4) is 0 Å². The summed E-state index contributed by atoms with van der Waals surface area (Å²) >= 11 is 4.27. The zero-order valence-corrected chi connectivity index (χ0v) is 9.90. The maximum atomic E-state index is 11.3. The molecule has 0 aliphatic heterocycles. The third kappa shape index (κ3) is 3.40. The quantitative estimate of drug-likeness (QED) is 0.731. The monoisotopic (exact) mass is 264 g/mol. The molecule has 72 valence electrons. The molecule has 0 saturated carbocycles. The van der Waals surface area contributed by atoms with Gasteiger partial charge < -0.3 is 4.74 Å². The van der Waals surface area contributed by atoms with E-state index in [-0.39, 0.29) is 5.01 Å². The fourth-order valence-electron chi connectivity index (χ4n) is 0.610. The number of hydrogen-bond acceptors (Lipinski definition) is 5. The van der Waals surface area contributed by atoms with Gasteiger partial charge in [-0.05, 0) is 36.7 Å². The molecule has 0 bridgehead atoms. The normalized spacial score (nSPS) is 11.4. The van der Waals surface area contributed by atoms with E-state index in [1.807, 2.05) is 0 Å². The van der Waals surface area contributed by atoms with Crippen molar-refractivity contribution in [2.24, 2.45) is 0 Å². The van der Waals surface area contributed by atoms with E-state index in [1.165, 1.54) is 0 Å². The van der Waals surface area contributed by atoms with Crippen LogP contribution in [0.25, 0.3) is 0 Å². The van der Waals surface area contributed by atoms with Crippen LogP contribution in [0.1, 0.15) is 30.6 Å². The Morgan fingerprint density at radius 2 is 2.08 bits per heavy atom. The zero-order chi connectivity index (χ0) is 10.1. The lowest BCUT2D eigenvalue weighted by atomic mass is 10.2. The maximum absolute atomic E-state index is 11.3. The van der Waals surface area contributed by atoms with Gasteiger partial charge in [-0.3, -0.25) is 0 Å². The van der Waals surface area contributed by atoms with Crippen LogP contribution in [-0.4, -0.2) is 21.8 Å².